The van der Waals surface area contributed by atoms with Gasteiger partial charge in [0.1, 0.15) is 5.69 Å². The standard InChI is InChI=1S/C7H6N2O3/c10-4-9-5-1-2-8-6(3-5)7(11)12/h1-4H,(H,11,12)(H,8,9,10). The molecule has 5 heteroatoms. The average Bonchev–Trinajstić information content (AvgIpc) is 2.05. The Morgan fingerprint density at radius 3 is 3.00 bits per heavy atom. The molecule has 0 unspecified atom stereocenters. The molecule has 1 heterocycles. The van der Waals surface area contributed by atoms with Crippen molar-refractivity contribution in [3.05, 3.63) is 24.0 Å². The largest absolute Gasteiger partial charge is 0.477 e. The van der Waals surface area contributed by atoms with Crippen molar-refractivity contribution in [3.63, 3.8) is 0 Å². The minimum atomic E-state index is -1.12. The van der Waals surface area contributed by atoms with Crippen molar-refractivity contribution in [2.45, 2.75) is 0 Å². The summed E-state index contributed by atoms with van der Waals surface area (Å²) in [7, 11) is 0. The summed E-state index contributed by atoms with van der Waals surface area (Å²) in [6.45, 7) is 0. The summed E-state index contributed by atoms with van der Waals surface area (Å²) >= 11 is 0. The van der Waals surface area contributed by atoms with Crippen molar-refractivity contribution in [2.75, 3.05) is 5.32 Å². The van der Waals surface area contributed by atoms with Gasteiger partial charge in [0.05, 0.1) is 0 Å². The molecule has 1 aromatic rings. The van der Waals surface area contributed by atoms with Crippen LogP contribution in [-0.4, -0.2) is 22.5 Å². The first-order valence-corrected chi connectivity index (χ1v) is 3.13. The maximum atomic E-state index is 10.4. The molecule has 0 saturated heterocycles. The van der Waals surface area contributed by atoms with Crippen LogP contribution in [-0.2, 0) is 4.79 Å². The molecule has 12 heavy (non-hydrogen) atoms. The minimum Gasteiger partial charge on any atom is -0.477 e. The first-order chi connectivity index (χ1) is 5.74. The molecule has 5 nitrogen and oxygen atoms in total. The lowest BCUT2D eigenvalue weighted by Gasteiger charge is -1.97. The van der Waals surface area contributed by atoms with Gasteiger partial charge < -0.3 is 10.4 Å². The van der Waals surface area contributed by atoms with Crippen LogP contribution < -0.4 is 5.32 Å². The van der Waals surface area contributed by atoms with Crippen LogP contribution >= 0.6 is 0 Å². The highest BCUT2D eigenvalue weighted by Gasteiger charge is 2.03. The second-order valence-electron chi connectivity index (χ2n) is 2.00. The molecule has 1 amide bonds. The van der Waals surface area contributed by atoms with Gasteiger partial charge in [-0.3, -0.25) is 4.79 Å². The maximum Gasteiger partial charge on any atom is 0.354 e. The van der Waals surface area contributed by atoms with Gasteiger partial charge >= 0.3 is 5.97 Å². The molecule has 2 N–H and O–H groups in total. The topological polar surface area (TPSA) is 79.3 Å². The van der Waals surface area contributed by atoms with Crippen LogP contribution in [0.2, 0.25) is 0 Å². The van der Waals surface area contributed by atoms with Crippen molar-refractivity contribution >= 4 is 18.1 Å². The number of hydrogen-bond donors (Lipinski definition) is 2. The van der Waals surface area contributed by atoms with E-state index in [9.17, 15) is 9.59 Å². The van der Waals surface area contributed by atoms with Crippen molar-refractivity contribution < 1.29 is 14.7 Å². The van der Waals surface area contributed by atoms with Crippen LogP contribution in [0.15, 0.2) is 18.3 Å². The fraction of sp³-hybridized carbons (Fsp3) is 0. The lowest BCUT2D eigenvalue weighted by Crippen LogP contribution is -2.01. The van der Waals surface area contributed by atoms with Gasteiger partial charge in [-0.15, -0.1) is 0 Å². The lowest BCUT2D eigenvalue weighted by atomic mass is 10.3. The maximum absolute atomic E-state index is 10.4. The Morgan fingerprint density at radius 2 is 2.42 bits per heavy atom. The van der Waals surface area contributed by atoms with E-state index in [2.05, 4.69) is 10.3 Å². The van der Waals surface area contributed by atoms with Crippen LogP contribution in [0.4, 0.5) is 5.69 Å². The lowest BCUT2D eigenvalue weighted by molar-refractivity contribution is -0.105. The summed E-state index contributed by atoms with van der Waals surface area (Å²) < 4.78 is 0. The van der Waals surface area contributed by atoms with Gasteiger partial charge in [0.2, 0.25) is 6.41 Å². The molecule has 1 aromatic heterocycles. The molecule has 0 saturated carbocycles. The quantitative estimate of drug-likeness (QED) is 0.635. The highest BCUT2D eigenvalue weighted by Crippen LogP contribution is 2.06. The molecule has 0 spiro atoms. The zero-order valence-corrected chi connectivity index (χ0v) is 6.02. The summed E-state index contributed by atoms with van der Waals surface area (Å²) in [5.41, 5.74) is 0.319. The summed E-state index contributed by atoms with van der Waals surface area (Å²) in [6, 6.07) is 2.78. The number of nitrogens with one attached hydrogen (secondary N) is 1. The van der Waals surface area contributed by atoms with Crippen molar-refractivity contribution in [1.29, 1.82) is 0 Å². The monoisotopic (exact) mass is 166 g/mol. The summed E-state index contributed by atoms with van der Waals surface area (Å²) in [5.74, 6) is -1.12. The van der Waals surface area contributed by atoms with E-state index in [4.69, 9.17) is 5.11 Å². The molecule has 62 valence electrons. The fourth-order valence-electron chi connectivity index (χ4n) is 0.705. The van der Waals surface area contributed by atoms with Gasteiger partial charge in [-0.2, -0.15) is 0 Å². The van der Waals surface area contributed by atoms with Crippen LogP contribution in [0.5, 0.6) is 0 Å². The van der Waals surface area contributed by atoms with E-state index < -0.39 is 5.97 Å². The van der Waals surface area contributed by atoms with Crippen LogP contribution in [0.1, 0.15) is 10.5 Å². The summed E-state index contributed by atoms with van der Waals surface area (Å²) in [4.78, 5) is 23.9. The predicted octanol–water partition coefficient (Wildman–Crippen LogP) is 0.348. The number of carbonyl (C=O) groups excluding carboxylic acids is 1. The number of hydrogen-bond acceptors (Lipinski definition) is 3. The Labute approximate surface area is 68.0 Å². The molecular weight excluding hydrogens is 160 g/mol. The number of carboxylic acid groups (broad SMARTS) is 1. The van der Waals surface area contributed by atoms with E-state index in [1.54, 1.807) is 0 Å². The summed E-state index contributed by atoms with van der Waals surface area (Å²) in [5, 5.41) is 10.8. The molecular formula is C7H6N2O3. The van der Waals surface area contributed by atoms with Crippen molar-refractivity contribution in [3.8, 4) is 0 Å². The highest BCUT2D eigenvalue weighted by molar-refractivity contribution is 5.87. The number of carbonyl (C=O) groups is 2. The van der Waals surface area contributed by atoms with E-state index in [1.165, 1.54) is 18.3 Å². The Bertz CT molecular complexity index is 311. The number of rotatable bonds is 3. The van der Waals surface area contributed by atoms with Crippen LogP contribution in [0.25, 0.3) is 0 Å². The SMILES string of the molecule is O=CNc1ccnc(C(=O)O)c1. The smallest absolute Gasteiger partial charge is 0.354 e. The highest BCUT2D eigenvalue weighted by atomic mass is 16.4. The number of anilines is 1. The normalized spacial score (nSPS) is 9.00. The molecule has 0 bridgehead atoms. The number of nitrogens with zero attached hydrogens (tertiary/aromatic N) is 1. The number of aromatic carboxylic acids is 1. The third-order valence-electron chi connectivity index (χ3n) is 1.20. The van der Waals surface area contributed by atoms with Crippen LogP contribution in [0, 0.1) is 0 Å². The predicted molar refractivity (Wildman–Crippen MR) is 40.9 cm³/mol. The Kier molecular flexibility index (Phi) is 2.37. The average molecular weight is 166 g/mol. The van der Waals surface area contributed by atoms with Crippen molar-refractivity contribution in [1.82, 2.24) is 4.98 Å². The number of pyridine rings is 1. The Balaban J connectivity index is 2.95. The van der Waals surface area contributed by atoms with E-state index in [0.29, 0.717) is 12.1 Å². The van der Waals surface area contributed by atoms with Gasteiger partial charge in [-0.25, -0.2) is 9.78 Å². The van der Waals surface area contributed by atoms with Gasteiger partial charge in [0.25, 0.3) is 0 Å². The minimum absolute atomic E-state index is 0.0955. The zero-order chi connectivity index (χ0) is 8.97. The van der Waals surface area contributed by atoms with E-state index in [0.717, 1.165) is 0 Å². The first kappa shape index (κ1) is 8.19. The molecule has 0 aliphatic heterocycles. The van der Waals surface area contributed by atoms with Gasteiger partial charge in [0.15, 0.2) is 0 Å². The molecule has 0 atom stereocenters. The molecule has 0 aromatic carbocycles. The molecule has 0 aliphatic rings. The van der Waals surface area contributed by atoms with E-state index in [1.807, 2.05) is 0 Å². The second kappa shape index (κ2) is 3.47. The molecule has 0 radical (unpaired) electrons. The Hall–Kier alpha value is -1.91. The number of aromatic nitrogens is 1. The first-order valence-electron chi connectivity index (χ1n) is 3.13. The van der Waals surface area contributed by atoms with Gasteiger partial charge in [0, 0.05) is 11.9 Å². The Morgan fingerprint density at radius 1 is 1.67 bits per heavy atom. The number of amides is 1. The number of carboxylic acids is 1. The summed E-state index contributed by atoms with van der Waals surface area (Å²) in [6.07, 6.45) is 1.79. The second-order valence-corrected chi connectivity index (χ2v) is 2.00. The van der Waals surface area contributed by atoms with E-state index >= 15 is 0 Å². The van der Waals surface area contributed by atoms with Gasteiger partial charge in [-0.05, 0) is 12.1 Å². The third-order valence-corrected chi connectivity index (χ3v) is 1.20. The molecule has 0 fully saturated rings. The molecule has 0 aliphatic carbocycles. The fourth-order valence-corrected chi connectivity index (χ4v) is 0.705. The third kappa shape index (κ3) is 1.79. The van der Waals surface area contributed by atoms with Crippen LogP contribution in [0.3, 0.4) is 0 Å². The van der Waals surface area contributed by atoms with Gasteiger partial charge in [-0.1, -0.05) is 0 Å². The molecule has 1 rings (SSSR count). The van der Waals surface area contributed by atoms with E-state index in [-0.39, 0.29) is 5.69 Å². The van der Waals surface area contributed by atoms with Crippen molar-refractivity contribution in [2.24, 2.45) is 0 Å². The zero-order valence-electron chi connectivity index (χ0n) is 6.02.